The first-order valence-corrected chi connectivity index (χ1v) is 18.6. The van der Waals surface area contributed by atoms with Crippen LogP contribution in [0, 0.1) is 23.2 Å². The van der Waals surface area contributed by atoms with Gasteiger partial charge in [-0.3, -0.25) is 9.11 Å². The highest BCUT2D eigenvalue weighted by Crippen LogP contribution is 2.62. The molecule has 0 bridgehead atoms. The summed E-state index contributed by atoms with van der Waals surface area (Å²) in [4.78, 5) is 17.1. The van der Waals surface area contributed by atoms with Gasteiger partial charge in [-0.15, -0.1) is 0 Å². The molecule has 4 fully saturated rings. The Morgan fingerprint density at radius 3 is 2.64 bits per heavy atom. The molecule has 0 aromatic heterocycles. The first-order chi connectivity index (χ1) is 22.2. The number of fused-ring (bicyclic) bond motifs is 6. The van der Waals surface area contributed by atoms with Crippen LogP contribution in [0.2, 0.25) is 0 Å². The second kappa shape index (κ2) is 13.5. The molecule has 7 nitrogen and oxygen atoms in total. The number of hydrogen-bond acceptors (Lipinski definition) is 6. The topological polar surface area (TPSA) is 79.3 Å². The third kappa shape index (κ3) is 6.97. The predicted octanol–water partition coefficient (Wildman–Crippen LogP) is 6.15. The number of aliphatic hydroxyl groups excluding tert-OH is 1. The highest BCUT2D eigenvalue weighted by Gasteiger charge is 2.57. The zero-order chi connectivity index (χ0) is 33.7. The van der Waals surface area contributed by atoms with E-state index >= 15 is 0 Å². The number of rotatable bonds is 9. The number of alkyl halides is 5. The van der Waals surface area contributed by atoms with E-state index in [-0.39, 0.29) is 47.0 Å². The molecule has 1 N–H and O–H groups in total. The van der Waals surface area contributed by atoms with E-state index in [1.54, 1.807) is 4.90 Å². The summed E-state index contributed by atoms with van der Waals surface area (Å²) >= 11 is 0. The van der Waals surface area contributed by atoms with Crippen molar-refractivity contribution < 1.29 is 45.5 Å². The number of likely N-dealkylation sites (N-methyl/N-ethyl adjacent to an activating group) is 1. The lowest BCUT2D eigenvalue weighted by molar-refractivity contribution is -0.284. The Morgan fingerprint density at radius 1 is 1.13 bits per heavy atom. The first kappa shape index (κ1) is 35.0. The zero-order valence-corrected chi connectivity index (χ0v) is 28.0. The minimum Gasteiger partial charge on any atom is -0.410 e. The van der Waals surface area contributed by atoms with Crippen molar-refractivity contribution in [1.29, 1.82) is 0 Å². The summed E-state index contributed by atoms with van der Waals surface area (Å²) in [6.07, 6.45) is -2.57. The number of carbonyl (C=O) groups excluding carboxylic acids is 1. The minimum absolute atomic E-state index is 0.0243. The monoisotopic (exact) mass is 690 g/mol. The maximum absolute atomic E-state index is 13.3. The molecule has 1 aromatic rings. The number of carbonyl (C=O) groups is 1. The molecule has 2 aliphatic heterocycles. The van der Waals surface area contributed by atoms with Gasteiger partial charge in [-0.2, -0.15) is 22.0 Å². The largest absolute Gasteiger partial charge is 0.453 e. The molecule has 1 aromatic carbocycles. The summed E-state index contributed by atoms with van der Waals surface area (Å²) in [6, 6.07) is 6.09. The van der Waals surface area contributed by atoms with Crippen molar-refractivity contribution in [3.05, 3.63) is 29.3 Å². The summed E-state index contributed by atoms with van der Waals surface area (Å²) in [5.74, 6) is -3.08. The van der Waals surface area contributed by atoms with Crippen molar-refractivity contribution in [2.75, 3.05) is 44.8 Å². The minimum atomic E-state index is -5.60. The Morgan fingerprint density at radius 2 is 1.89 bits per heavy atom. The average molecular weight is 691 g/mol. The third-order valence-corrected chi connectivity index (χ3v) is 13.6. The van der Waals surface area contributed by atoms with Gasteiger partial charge in [-0.05, 0) is 111 Å². The molecule has 3 aliphatic carbocycles. The fourth-order valence-corrected chi connectivity index (χ4v) is 10.6. The van der Waals surface area contributed by atoms with Crippen LogP contribution in [0.5, 0.6) is 5.75 Å². The first-order valence-electron chi connectivity index (χ1n) is 17.1. The van der Waals surface area contributed by atoms with Crippen LogP contribution in [0.3, 0.4) is 0 Å². The summed E-state index contributed by atoms with van der Waals surface area (Å²) in [5.41, 5.74) is 2.21. The number of nitrogens with zero attached hydrogens (tertiary/aromatic N) is 2. The molecule has 0 radical (unpaired) electrons. The molecule has 5 aliphatic rings. The van der Waals surface area contributed by atoms with Crippen LogP contribution >= 0.6 is 0 Å². The normalized spacial score (nSPS) is 34.7. The van der Waals surface area contributed by atoms with Gasteiger partial charge >= 0.3 is 18.2 Å². The Bertz CT molecular complexity index is 1330. The quantitative estimate of drug-likeness (QED) is 0.314. The SMILES string of the molecule is CN1CCO[C@H]2CN(C(=O)Oc3ccc4c(c3)C[C@@H](CCCS(=O)CCCC(F)(F)C(F)(F)F)[C@@H]3[C@@H]4CC[C@]4(C)[C@@H](O)CC[C@@H]34)C[C@H]21. The number of likely N-dealkylation sites (tertiary alicyclic amines) is 1. The molecule has 0 spiro atoms. The predicted molar refractivity (Wildman–Crippen MR) is 167 cm³/mol. The van der Waals surface area contributed by atoms with Crippen LogP contribution in [0.4, 0.5) is 26.7 Å². The summed E-state index contributed by atoms with van der Waals surface area (Å²) in [6.45, 7) is 4.71. The standard InChI is InChI=1S/C34H47F5N2O5S/c1-32-12-10-25-24-7-6-23(46-31(43)41-19-27-28(20-41)45-14-13-40(27)2)18-22(24)17-21(30(25)26(32)8-9-29(32)42)5-3-15-47(44)16-4-11-33(35,36)34(37,38)39/h6-7,18,21,25-30,42H,3-5,8-17,19-20H2,1-2H3/t21-,25-,26+,27-,28+,29+,30-,32+,47?/m1/s1. The number of hydrogen-bond donors (Lipinski definition) is 1. The molecule has 6 rings (SSSR count). The molecular formula is C34H47F5N2O5S. The fourth-order valence-electron chi connectivity index (χ4n) is 9.46. The van der Waals surface area contributed by atoms with Gasteiger partial charge in [0.15, 0.2) is 0 Å². The summed E-state index contributed by atoms with van der Waals surface area (Å²) < 4.78 is 88.5. The third-order valence-electron chi connectivity index (χ3n) is 12.1. The molecular weight excluding hydrogens is 643 g/mol. The molecule has 9 atom stereocenters. The van der Waals surface area contributed by atoms with Gasteiger partial charge < -0.3 is 19.5 Å². The fraction of sp³-hybridized carbons (Fsp3) is 0.794. The molecule has 47 heavy (non-hydrogen) atoms. The van der Waals surface area contributed by atoms with E-state index in [0.717, 1.165) is 50.6 Å². The van der Waals surface area contributed by atoms with Crippen LogP contribution in [0.25, 0.3) is 0 Å². The van der Waals surface area contributed by atoms with Gasteiger partial charge in [0.2, 0.25) is 0 Å². The second-order valence-electron chi connectivity index (χ2n) is 14.8. The number of morpholine rings is 1. The van der Waals surface area contributed by atoms with Crippen molar-refractivity contribution in [3.63, 3.8) is 0 Å². The van der Waals surface area contributed by atoms with Gasteiger partial charge in [0.05, 0.1) is 31.4 Å². The molecule has 13 heteroatoms. The Labute approximate surface area is 276 Å². The van der Waals surface area contributed by atoms with Crippen LogP contribution in [-0.2, 0) is 22.0 Å². The second-order valence-corrected chi connectivity index (χ2v) is 16.5. The molecule has 264 valence electrons. The van der Waals surface area contributed by atoms with Crippen molar-refractivity contribution >= 4 is 16.9 Å². The molecule has 2 saturated heterocycles. The van der Waals surface area contributed by atoms with E-state index in [9.17, 15) is 36.1 Å². The van der Waals surface area contributed by atoms with Crippen LogP contribution in [0.15, 0.2) is 18.2 Å². The number of benzene rings is 1. The maximum Gasteiger partial charge on any atom is 0.453 e. The molecule has 1 amide bonds. The Kier molecular flexibility index (Phi) is 10.0. The van der Waals surface area contributed by atoms with E-state index in [4.69, 9.17) is 9.47 Å². The summed E-state index contributed by atoms with van der Waals surface area (Å²) in [5, 5.41) is 11.0. The maximum atomic E-state index is 13.3. The molecule has 2 saturated carbocycles. The Balaban J connectivity index is 1.12. The zero-order valence-electron chi connectivity index (χ0n) is 27.2. The molecule has 2 heterocycles. The molecule has 1 unspecified atom stereocenters. The van der Waals surface area contributed by atoms with E-state index in [1.165, 1.54) is 5.56 Å². The lowest BCUT2D eigenvalue weighted by Gasteiger charge is -2.53. The van der Waals surface area contributed by atoms with Crippen molar-refractivity contribution in [1.82, 2.24) is 9.80 Å². The average Bonchev–Trinajstić information content (AvgIpc) is 3.58. The number of aliphatic hydroxyl groups is 1. The highest BCUT2D eigenvalue weighted by atomic mass is 32.2. The highest BCUT2D eigenvalue weighted by molar-refractivity contribution is 7.84. The van der Waals surface area contributed by atoms with Gasteiger partial charge in [0.25, 0.3) is 0 Å². The smallest absolute Gasteiger partial charge is 0.410 e. The van der Waals surface area contributed by atoms with Crippen molar-refractivity contribution in [2.24, 2.45) is 23.2 Å². The number of amides is 1. The van der Waals surface area contributed by atoms with Gasteiger partial charge in [0, 0.05) is 41.8 Å². The number of halogens is 5. The van der Waals surface area contributed by atoms with Gasteiger partial charge in [-0.25, -0.2) is 4.79 Å². The lowest BCUT2D eigenvalue weighted by Crippen LogP contribution is -2.48. The van der Waals surface area contributed by atoms with Crippen molar-refractivity contribution in [3.8, 4) is 5.75 Å². The van der Waals surface area contributed by atoms with Crippen LogP contribution in [-0.4, -0.2) is 100 Å². The van der Waals surface area contributed by atoms with Crippen molar-refractivity contribution in [2.45, 2.75) is 101 Å². The van der Waals surface area contributed by atoms with Crippen LogP contribution < -0.4 is 4.74 Å². The van der Waals surface area contributed by atoms with Crippen LogP contribution in [0.1, 0.15) is 75.3 Å². The van der Waals surface area contributed by atoms with E-state index < -0.39 is 41.8 Å². The van der Waals surface area contributed by atoms with E-state index in [0.29, 0.717) is 43.7 Å². The van der Waals surface area contributed by atoms with Gasteiger partial charge in [-0.1, -0.05) is 13.0 Å². The lowest BCUT2D eigenvalue weighted by atomic mass is 9.52. The van der Waals surface area contributed by atoms with E-state index in [2.05, 4.69) is 17.9 Å². The Hall–Kier alpha value is -1.83. The van der Waals surface area contributed by atoms with Gasteiger partial charge in [0.1, 0.15) is 5.75 Å². The summed E-state index contributed by atoms with van der Waals surface area (Å²) in [7, 11) is 0.550. The number of ether oxygens (including phenoxy) is 2. The van der Waals surface area contributed by atoms with E-state index in [1.807, 2.05) is 19.2 Å².